The highest BCUT2D eigenvalue weighted by Crippen LogP contribution is 2.33. The second kappa shape index (κ2) is 7.60. The van der Waals surface area contributed by atoms with Crippen molar-refractivity contribution >= 4 is 22.9 Å². The van der Waals surface area contributed by atoms with Crippen LogP contribution in [0.25, 0.3) is 11.2 Å². The fraction of sp³-hybridized carbons (Fsp3) is 0.333. The molecule has 3 N–H and O–H groups in total. The van der Waals surface area contributed by atoms with Crippen LogP contribution in [0.4, 0.5) is 5.82 Å². The number of nitrogens with one attached hydrogen (secondary N) is 1. The average Bonchev–Trinajstić information content (AvgIpc) is 3.29. The molecule has 1 aromatic carbocycles. The summed E-state index contributed by atoms with van der Waals surface area (Å²) in [4.78, 5) is 25.1. The lowest BCUT2D eigenvalue weighted by Gasteiger charge is -2.19. The number of amides is 1. The molecule has 1 amide bonds. The minimum atomic E-state index is -1.00. The summed E-state index contributed by atoms with van der Waals surface area (Å²) in [6, 6.07) is 8.74. The van der Waals surface area contributed by atoms with Crippen LogP contribution in [-0.2, 0) is 9.47 Å². The van der Waals surface area contributed by atoms with Crippen molar-refractivity contribution in [3.05, 3.63) is 48.5 Å². The van der Waals surface area contributed by atoms with E-state index in [1.807, 2.05) is 6.07 Å². The normalized spacial score (nSPS) is 24.5. The fourth-order valence-corrected chi connectivity index (χ4v) is 3.25. The molecule has 0 aliphatic carbocycles. The summed E-state index contributed by atoms with van der Waals surface area (Å²) in [7, 11) is 1.45. The minimum absolute atomic E-state index is 0.254. The van der Waals surface area contributed by atoms with Crippen LogP contribution in [0.2, 0.25) is 0 Å². The Hall–Kier alpha value is -2.92. The molecule has 3 aromatic rings. The standard InChI is InChI=1S/C18H19N5O5/c1-27-14-13(25)11(7-24)28-18(14)23-9-21-12-15(19-8-20-16(12)23)22-17(26)10-5-3-2-4-6-10/h2-6,8-9,11,13-14,18,24-25H,7H2,1H3,(H,19,20,22,26)/t11-,13?,14?,18-/m1/s1. The molecule has 3 heterocycles. The highest BCUT2D eigenvalue weighted by Gasteiger charge is 2.45. The zero-order chi connectivity index (χ0) is 19.7. The number of methoxy groups -OCH3 is 1. The van der Waals surface area contributed by atoms with Crippen LogP contribution in [0, 0.1) is 0 Å². The Morgan fingerprint density at radius 2 is 2.07 bits per heavy atom. The maximum absolute atomic E-state index is 12.4. The van der Waals surface area contributed by atoms with Crippen LogP contribution in [0.5, 0.6) is 0 Å². The molecule has 0 spiro atoms. The Balaban J connectivity index is 1.66. The van der Waals surface area contributed by atoms with Crippen molar-refractivity contribution in [2.75, 3.05) is 19.0 Å². The van der Waals surface area contributed by atoms with E-state index in [-0.39, 0.29) is 18.3 Å². The molecular weight excluding hydrogens is 366 g/mol. The second-order valence-electron chi connectivity index (χ2n) is 6.31. The zero-order valence-electron chi connectivity index (χ0n) is 15.0. The number of hydrogen-bond donors (Lipinski definition) is 3. The van der Waals surface area contributed by atoms with Gasteiger partial charge in [-0.3, -0.25) is 9.36 Å². The van der Waals surface area contributed by atoms with E-state index in [1.54, 1.807) is 28.8 Å². The van der Waals surface area contributed by atoms with Crippen LogP contribution < -0.4 is 5.32 Å². The zero-order valence-corrected chi connectivity index (χ0v) is 15.0. The molecule has 4 rings (SSSR count). The van der Waals surface area contributed by atoms with Crippen LogP contribution in [0.15, 0.2) is 43.0 Å². The third-order valence-corrected chi connectivity index (χ3v) is 4.67. The highest BCUT2D eigenvalue weighted by molar-refractivity contribution is 6.06. The van der Waals surface area contributed by atoms with Crippen LogP contribution in [0.3, 0.4) is 0 Å². The van der Waals surface area contributed by atoms with Crippen molar-refractivity contribution in [3.8, 4) is 0 Å². The van der Waals surface area contributed by atoms with Gasteiger partial charge in [0.05, 0.1) is 12.9 Å². The summed E-state index contributed by atoms with van der Waals surface area (Å²) in [6.45, 7) is -0.350. The highest BCUT2D eigenvalue weighted by atomic mass is 16.6. The van der Waals surface area contributed by atoms with E-state index in [2.05, 4.69) is 20.3 Å². The van der Waals surface area contributed by atoms with Gasteiger partial charge in [-0.1, -0.05) is 18.2 Å². The van der Waals surface area contributed by atoms with E-state index in [4.69, 9.17) is 9.47 Å². The summed E-state index contributed by atoms with van der Waals surface area (Å²) in [6.07, 6.45) is -0.469. The van der Waals surface area contributed by atoms with Crippen LogP contribution in [-0.4, -0.2) is 67.7 Å². The summed E-state index contributed by atoms with van der Waals surface area (Å²) >= 11 is 0. The molecule has 146 valence electrons. The molecule has 0 saturated carbocycles. The van der Waals surface area contributed by atoms with Crippen molar-refractivity contribution in [2.45, 2.75) is 24.5 Å². The first-order valence-corrected chi connectivity index (χ1v) is 8.65. The van der Waals surface area contributed by atoms with Gasteiger partial charge in [0.1, 0.15) is 24.6 Å². The molecule has 1 saturated heterocycles. The number of nitrogens with zero attached hydrogens (tertiary/aromatic N) is 4. The van der Waals surface area contributed by atoms with Crippen LogP contribution in [0.1, 0.15) is 16.6 Å². The quantitative estimate of drug-likeness (QED) is 0.573. The number of aliphatic hydroxyl groups is 2. The summed E-state index contributed by atoms with van der Waals surface area (Å²) in [5, 5.41) is 22.4. The molecule has 10 nitrogen and oxygen atoms in total. The number of imidazole rings is 1. The lowest BCUT2D eigenvalue weighted by molar-refractivity contribution is -0.0583. The van der Waals surface area contributed by atoms with Gasteiger partial charge in [-0.15, -0.1) is 0 Å². The van der Waals surface area contributed by atoms with Gasteiger partial charge in [-0.25, -0.2) is 15.0 Å². The van der Waals surface area contributed by atoms with Crippen molar-refractivity contribution < 1.29 is 24.5 Å². The number of anilines is 1. The number of hydrogen-bond acceptors (Lipinski definition) is 8. The summed E-state index contributed by atoms with van der Waals surface area (Å²) in [5.74, 6) is -0.0679. The lowest BCUT2D eigenvalue weighted by atomic mass is 10.1. The fourth-order valence-electron chi connectivity index (χ4n) is 3.25. The van der Waals surface area contributed by atoms with Gasteiger partial charge in [-0.05, 0) is 12.1 Å². The first-order valence-electron chi connectivity index (χ1n) is 8.65. The molecule has 1 fully saturated rings. The van der Waals surface area contributed by atoms with E-state index in [1.165, 1.54) is 19.8 Å². The molecule has 1 aliphatic rings. The van der Waals surface area contributed by atoms with Crippen molar-refractivity contribution in [2.24, 2.45) is 0 Å². The predicted molar refractivity (Wildman–Crippen MR) is 97.5 cm³/mol. The van der Waals surface area contributed by atoms with Gasteiger partial charge in [0.15, 0.2) is 23.2 Å². The van der Waals surface area contributed by atoms with Crippen molar-refractivity contribution in [3.63, 3.8) is 0 Å². The molecule has 2 unspecified atom stereocenters. The number of fused-ring (bicyclic) bond motifs is 1. The molecule has 28 heavy (non-hydrogen) atoms. The Labute approximate surface area is 159 Å². The molecule has 4 atom stereocenters. The third-order valence-electron chi connectivity index (χ3n) is 4.67. The van der Waals surface area contributed by atoms with Gasteiger partial charge in [0.2, 0.25) is 0 Å². The van der Waals surface area contributed by atoms with Gasteiger partial charge >= 0.3 is 0 Å². The van der Waals surface area contributed by atoms with E-state index in [9.17, 15) is 15.0 Å². The summed E-state index contributed by atoms with van der Waals surface area (Å²) < 4.78 is 12.7. The Kier molecular flexibility index (Phi) is 5.01. The average molecular weight is 385 g/mol. The van der Waals surface area contributed by atoms with Crippen molar-refractivity contribution in [1.82, 2.24) is 19.5 Å². The molecule has 1 aliphatic heterocycles. The smallest absolute Gasteiger partial charge is 0.256 e. The number of ether oxygens (including phenoxy) is 2. The SMILES string of the molecule is COC1C(O)[C@@H](CO)O[C@H]1n1cnc2c(NC(=O)c3ccccc3)ncnc21. The predicted octanol–water partition coefficient (Wildman–Crippen LogP) is 0.344. The molecule has 2 aromatic heterocycles. The summed E-state index contributed by atoms with van der Waals surface area (Å²) in [5.41, 5.74) is 1.25. The van der Waals surface area contributed by atoms with E-state index >= 15 is 0 Å². The maximum Gasteiger partial charge on any atom is 0.256 e. The first kappa shape index (κ1) is 18.4. The number of aromatic nitrogens is 4. The monoisotopic (exact) mass is 385 g/mol. The Morgan fingerprint density at radius 3 is 2.79 bits per heavy atom. The number of aliphatic hydroxyl groups excluding tert-OH is 2. The maximum atomic E-state index is 12.4. The van der Waals surface area contributed by atoms with Gasteiger partial charge in [0.25, 0.3) is 5.91 Å². The topological polar surface area (TPSA) is 132 Å². The van der Waals surface area contributed by atoms with E-state index < -0.39 is 24.5 Å². The molecular formula is C18H19N5O5. The van der Waals surface area contributed by atoms with E-state index in [0.29, 0.717) is 16.7 Å². The number of benzene rings is 1. The van der Waals surface area contributed by atoms with Gasteiger partial charge < -0.3 is 25.0 Å². The van der Waals surface area contributed by atoms with Gasteiger partial charge in [-0.2, -0.15) is 0 Å². The first-order chi connectivity index (χ1) is 13.6. The minimum Gasteiger partial charge on any atom is -0.394 e. The largest absolute Gasteiger partial charge is 0.394 e. The Bertz CT molecular complexity index is 979. The number of carbonyl (C=O) groups excluding carboxylic acids is 1. The molecule has 10 heteroatoms. The lowest BCUT2D eigenvalue weighted by Crippen LogP contribution is -2.34. The van der Waals surface area contributed by atoms with Gasteiger partial charge in [0, 0.05) is 12.7 Å². The third kappa shape index (κ3) is 3.12. The number of rotatable bonds is 5. The molecule has 0 bridgehead atoms. The van der Waals surface area contributed by atoms with E-state index in [0.717, 1.165) is 0 Å². The number of carbonyl (C=O) groups is 1. The Morgan fingerprint density at radius 1 is 1.29 bits per heavy atom. The van der Waals surface area contributed by atoms with Crippen molar-refractivity contribution in [1.29, 1.82) is 0 Å². The molecule has 0 radical (unpaired) electrons. The van der Waals surface area contributed by atoms with Crippen LogP contribution >= 0.6 is 0 Å². The second-order valence-corrected chi connectivity index (χ2v) is 6.31.